The molecule has 0 unspecified atom stereocenters. The van der Waals surface area contributed by atoms with Crippen LogP contribution in [0.2, 0.25) is 0 Å². The molecule has 0 bridgehead atoms. The number of rotatable bonds is 5. The van der Waals surface area contributed by atoms with Gasteiger partial charge in [0.1, 0.15) is 0 Å². The van der Waals surface area contributed by atoms with Crippen molar-refractivity contribution in [1.29, 1.82) is 0 Å². The van der Waals surface area contributed by atoms with E-state index in [4.69, 9.17) is 0 Å². The van der Waals surface area contributed by atoms with E-state index in [1.54, 1.807) is 48.2 Å². The van der Waals surface area contributed by atoms with Crippen LogP contribution >= 0.6 is 0 Å². The summed E-state index contributed by atoms with van der Waals surface area (Å²) in [5, 5.41) is 11.3. The maximum absolute atomic E-state index is 13.0. The van der Waals surface area contributed by atoms with Crippen molar-refractivity contribution in [3.8, 4) is 0 Å². The van der Waals surface area contributed by atoms with Crippen molar-refractivity contribution in [2.45, 2.75) is 25.9 Å². The van der Waals surface area contributed by atoms with E-state index in [0.29, 0.717) is 23.4 Å². The van der Waals surface area contributed by atoms with Crippen LogP contribution in [0.1, 0.15) is 36.2 Å². The summed E-state index contributed by atoms with van der Waals surface area (Å²) in [5.74, 6) is -1.52. The first kappa shape index (κ1) is 16.4. The van der Waals surface area contributed by atoms with E-state index in [-0.39, 0.29) is 5.78 Å². The van der Waals surface area contributed by atoms with Crippen LogP contribution in [0.25, 0.3) is 0 Å². The second kappa shape index (κ2) is 6.21. The highest BCUT2D eigenvalue weighted by Crippen LogP contribution is 2.45. The molecule has 1 N–H and O–H groups in total. The Hall–Kier alpha value is -2.46. The zero-order valence-electron chi connectivity index (χ0n) is 13.9. The number of aliphatic hydroxyl groups is 1. The quantitative estimate of drug-likeness (QED) is 0.860. The molecule has 0 aromatic heterocycles. The van der Waals surface area contributed by atoms with Gasteiger partial charge in [-0.25, -0.2) is 0 Å². The Bertz CT molecular complexity index is 771. The van der Waals surface area contributed by atoms with Gasteiger partial charge in [-0.05, 0) is 12.5 Å². The van der Waals surface area contributed by atoms with E-state index >= 15 is 0 Å². The number of hydrogen-bond acceptors (Lipinski definition) is 3. The Labute approximate surface area is 141 Å². The average Bonchev–Trinajstić information content (AvgIpc) is 2.85. The fourth-order valence-electron chi connectivity index (χ4n) is 3.37. The highest BCUT2D eigenvalue weighted by Gasteiger charge is 2.54. The third kappa shape index (κ3) is 2.34. The summed E-state index contributed by atoms with van der Waals surface area (Å²) in [5.41, 5.74) is -0.115. The van der Waals surface area contributed by atoms with Crippen LogP contribution in [0.5, 0.6) is 0 Å². The molecule has 2 atom stereocenters. The molecular formula is C20H21NO3. The minimum atomic E-state index is -1.82. The largest absolute Gasteiger partial charge is 0.375 e. The zero-order valence-corrected chi connectivity index (χ0v) is 13.9. The molecule has 4 heteroatoms. The second-order valence-corrected chi connectivity index (χ2v) is 6.19. The Morgan fingerprint density at radius 3 is 2.42 bits per heavy atom. The molecule has 0 radical (unpaired) electrons. The number of anilines is 1. The predicted molar refractivity (Wildman–Crippen MR) is 92.9 cm³/mol. The lowest BCUT2D eigenvalue weighted by Gasteiger charge is -2.28. The Balaban J connectivity index is 2.05. The molecule has 0 spiro atoms. The summed E-state index contributed by atoms with van der Waals surface area (Å²) < 4.78 is 0. The van der Waals surface area contributed by atoms with E-state index in [2.05, 4.69) is 0 Å². The molecule has 4 nitrogen and oxygen atoms in total. The van der Waals surface area contributed by atoms with Gasteiger partial charge in [0, 0.05) is 17.7 Å². The van der Waals surface area contributed by atoms with Crippen molar-refractivity contribution in [2.75, 3.05) is 11.4 Å². The highest BCUT2D eigenvalue weighted by molar-refractivity contribution is 6.11. The summed E-state index contributed by atoms with van der Waals surface area (Å²) in [6, 6.07) is 16.0. The van der Waals surface area contributed by atoms with Crippen LogP contribution in [0.3, 0.4) is 0 Å². The van der Waals surface area contributed by atoms with Crippen molar-refractivity contribution in [3.63, 3.8) is 0 Å². The number of Topliss-reactive ketones (excluding diaryl/α,β-unsaturated/α-hetero) is 1. The SMILES string of the molecule is CCCN1C(=O)[C@@](O)([C@H](C)C(=O)c2ccccc2)c2ccccc21. The molecule has 1 heterocycles. The van der Waals surface area contributed by atoms with Gasteiger partial charge in [-0.3, -0.25) is 9.59 Å². The minimum absolute atomic E-state index is 0.236. The number of benzene rings is 2. The molecule has 0 saturated carbocycles. The van der Waals surface area contributed by atoms with Gasteiger partial charge in [0.2, 0.25) is 0 Å². The van der Waals surface area contributed by atoms with Crippen LogP contribution in [0.15, 0.2) is 54.6 Å². The standard InChI is InChI=1S/C20H21NO3/c1-3-13-21-17-12-8-7-11-16(17)20(24,19(21)23)14(2)18(22)15-9-5-4-6-10-15/h4-12,14,24H,3,13H2,1-2H3/t14-,20-/m1/s1. The minimum Gasteiger partial charge on any atom is -0.375 e. The molecule has 1 aliphatic rings. The van der Waals surface area contributed by atoms with Gasteiger partial charge in [0.15, 0.2) is 11.4 Å². The van der Waals surface area contributed by atoms with Gasteiger partial charge < -0.3 is 10.0 Å². The first-order valence-electron chi connectivity index (χ1n) is 8.25. The maximum Gasteiger partial charge on any atom is 0.264 e. The molecular weight excluding hydrogens is 302 g/mol. The molecule has 1 aliphatic heterocycles. The van der Waals surface area contributed by atoms with Gasteiger partial charge in [-0.1, -0.05) is 62.4 Å². The number of para-hydroxylation sites is 1. The monoisotopic (exact) mass is 323 g/mol. The number of fused-ring (bicyclic) bond motifs is 1. The summed E-state index contributed by atoms with van der Waals surface area (Å²) in [7, 11) is 0. The van der Waals surface area contributed by atoms with Gasteiger partial charge in [0.05, 0.1) is 11.6 Å². The highest BCUT2D eigenvalue weighted by atomic mass is 16.3. The summed E-state index contributed by atoms with van der Waals surface area (Å²) in [6.45, 7) is 4.12. The molecule has 1 amide bonds. The lowest BCUT2D eigenvalue weighted by atomic mass is 9.79. The number of ketones is 1. The van der Waals surface area contributed by atoms with Crippen LogP contribution in [-0.2, 0) is 10.4 Å². The molecule has 2 aromatic rings. The number of amides is 1. The first-order valence-corrected chi connectivity index (χ1v) is 8.25. The summed E-state index contributed by atoms with van der Waals surface area (Å²) >= 11 is 0. The number of nitrogens with zero attached hydrogens (tertiary/aromatic N) is 1. The summed E-state index contributed by atoms with van der Waals surface area (Å²) in [4.78, 5) is 27.4. The zero-order chi connectivity index (χ0) is 17.3. The van der Waals surface area contributed by atoms with Crippen LogP contribution in [0.4, 0.5) is 5.69 Å². The number of hydrogen-bond donors (Lipinski definition) is 1. The number of carbonyl (C=O) groups is 2. The van der Waals surface area contributed by atoms with E-state index in [9.17, 15) is 14.7 Å². The van der Waals surface area contributed by atoms with E-state index < -0.39 is 17.4 Å². The average molecular weight is 323 g/mol. The first-order chi connectivity index (χ1) is 11.5. The van der Waals surface area contributed by atoms with Crippen molar-refractivity contribution in [1.82, 2.24) is 0 Å². The Morgan fingerprint density at radius 2 is 1.75 bits per heavy atom. The van der Waals surface area contributed by atoms with Crippen LogP contribution in [0, 0.1) is 5.92 Å². The molecule has 24 heavy (non-hydrogen) atoms. The second-order valence-electron chi connectivity index (χ2n) is 6.19. The fourth-order valence-corrected chi connectivity index (χ4v) is 3.37. The molecule has 124 valence electrons. The molecule has 0 saturated heterocycles. The van der Waals surface area contributed by atoms with Crippen molar-refractivity contribution < 1.29 is 14.7 Å². The lowest BCUT2D eigenvalue weighted by molar-refractivity contribution is -0.139. The Kier molecular flexibility index (Phi) is 4.24. The van der Waals surface area contributed by atoms with Gasteiger partial charge in [-0.2, -0.15) is 0 Å². The van der Waals surface area contributed by atoms with Crippen molar-refractivity contribution in [3.05, 3.63) is 65.7 Å². The third-order valence-electron chi connectivity index (χ3n) is 4.70. The Morgan fingerprint density at radius 1 is 1.12 bits per heavy atom. The third-order valence-corrected chi connectivity index (χ3v) is 4.70. The topological polar surface area (TPSA) is 57.6 Å². The van der Waals surface area contributed by atoms with E-state index in [0.717, 1.165) is 6.42 Å². The van der Waals surface area contributed by atoms with Gasteiger partial charge in [0.25, 0.3) is 5.91 Å². The number of carbonyl (C=O) groups excluding carboxylic acids is 2. The lowest BCUT2D eigenvalue weighted by Crippen LogP contribution is -2.47. The normalized spacial score (nSPS) is 20.8. The van der Waals surface area contributed by atoms with Crippen LogP contribution < -0.4 is 4.90 Å². The molecule has 0 aliphatic carbocycles. The van der Waals surface area contributed by atoms with E-state index in [1.165, 1.54) is 0 Å². The van der Waals surface area contributed by atoms with Crippen molar-refractivity contribution >= 4 is 17.4 Å². The molecule has 3 rings (SSSR count). The molecule has 2 aromatic carbocycles. The fraction of sp³-hybridized carbons (Fsp3) is 0.300. The molecule has 0 fully saturated rings. The van der Waals surface area contributed by atoms with Crippen LogP contribution in [-0.4, -0.2) is 23.3 Å². The van der Waals surface area contributed by atoms with Gasteiger partial charge >= 0.3 is 0 Å². The smallest absolute Gasteiger partial charge is 0.264 e. The maximum atomic E-state index is 13.0. The van der Waals surface area contributed by atoms with Crippen molar-refractivity contribution in [2.24, 2.45) is 5.92 Å². The van der Waals surface area contributed by atoms with Gasteiger partial charge in [-0.15, -0.1) is 0 Å². The summed E-state index contributed by atoms with van der Waals surface area (Å²) in [6.07, 6.45) is 0.775. The van der Waals surface area contributed by atoms with E-state index in [1.807, 2.05) is 25.1 Å². The predicted octanol–water partition coefficient (Wildman–Crippen LogP) is 3.15.